The number of amidine groups is 1. The fourth-order valence-corrected chi connectivity index (χ4v) is 5.02. The molecular formula is C33H36N4O3. The largest absolute Gasteiger partial charge is 0.491 e. The molecule has 1 unspecified atom stereocenters. The first-order valence-corrected chi connectivity index (χ1v) is 14.0. The molecule has 1 aromatic heterocycles. The predicted molar refractivity (Wildman–Crippen MR) is 161 cm³/mol. The number of H-pyrrole nitrogens is 1. The van der Waals surface area contributed by atoms with Crippen molar-refractivity contribution in [2.24, 2.45) is 4.99 Å². The number of hydrogen-bond acceptors (Lipinski definition) is 6. The van der Waals surface area contributed by atoms with Crippen LogP contribution in [0.3, 0.4) is 0 Å². The van der Waals surface area contributed by atoms with Crippen LogP contribution in [-0.4, -0.2) is 28.6 Å². The summed E-state index contributed by atoms with van der Waals surface area (Å²) in [6.45, 7) is 9.22. The van der Waals surface area contributed by atoms with Gasteiger partial charge in [0, 0.05) is 23.5 Å². The van der Waals surface area contributed by atoms with E-state index in [1.165, 1.54) is 5.57 Å². The molecule has 5 rings (SSSR count). The van der Waals surface area contributed by atoms with Crippen molar-refractivity contribution in [1.82, 2.24) is 10.1 Å². The molecule has 0 spiro atoms. The summed E-state index contributed by atoms with van der Waals surface area (Å²) in [6.07, 6.45) is 3.84. The summed E-state index contributed by atoms with van der Waals surface area (Å²) in [7, 11) is 0. The van der Waals surface area contributed by atoms with Gasteiger partial charge in [0.15, 0.2) is 5.82 Å². The van der Waals surface area contributed by atoms with Crippen LogP contribution in [0.5, 0.6) is 5.75 Å². The van der Waals surface area contributed by atoms with Crippen LogP contribution in [0.4, 0.5) is 5.69 Å². The monoisotopic (exact) mass is 536 g/mol. The van der Waals surface area contributed by atoms with Gasteiger partial charge in [-0.2, -0.15) is 0 Å². The van der Waals surface area contributed by atoms with Gasteiger partial charge in [0.25, 0.3) is 0 Å². The second kappa shape index (κ2) is 12.2. The Morgan fingerprint density at radius 3 is 2.48 bits per heavy atom. The normalized spacial score (nSPS) is 14.3. The van der Waals surface area contributed by atoms with Gasteiger partial charge in [-0.25, -0.2) is 9.79 Å². The molecule has 0 amide bonds. The van der Waals surface area contributed by atoms with E-state index in [1.807, 2.05) is 42.5 Å². The van der Waals surface area contributed by atoms with E-state index in [0.29, 0.717) is 5.82 Å². The molecule has 0 saturated heterocycles. The molecule has 2 heterocycles. The molecule has 1 aliphatic rings. The zero-order valence-corrected chi connectivity index (χ0v) is 23.6. The van der Waals surface area contributed by atoms with Gasteiger partial charge in [0.1, 0.15) is 11.6 Å². The lowest BCUT2D eigenvalue weighted by molar-refractivity contribution is 0.217. The van der Waals surface area contributed by atoms with Crippen molar-refractivity contribution in [1.29, 1.82) is 0 Å². The first kappa shape index (κ1) is 27.2. The fourth-order valence-electron chi connectivity index (χ4n) is 5.02. The van der Waals surface area contributed by atoms with E-state index in [9.17, 15) is 4.79 Å². The highest BCUT2D eigenvalue weighted by atomic mass is 16.5. The highest BCUT2D eigenvalue weighted by molar-refractivity contribution is 5.98. The summed E-state index contributed by atoms with van der Waals surface area (Å²) in [5, 5.41) is 4.00. The van der Waals surface area contributed by atoms with Crippen molar-refractivity contribution < 1.29 is 9.26 Å². The Kier molecular flexibility index (Phi) is 8.29. The first-order chi connectivity index (χ1) is 19.4. The molecule has 0 bridgehead atoms. The predicted octanol–water partition coefficient (Wildman–Crippen LogP) is 7.41. The summed E-state index contributed by atoms with van der Waals surface area (Å²) in [4.78, 5) is 21.8. The van der Waals surface area contributed by atoms with Gasteiger partial charge >= 0.3 is 5.76 Å². The molecule has 0 radical (unpaired) electrons. The topological polar surface area (TPSA) is 83.7 Å². The number of anilines is 1. The van der Waals surface area contributed by atoms with Crippen LogP contribution in [0.1, 0.15) is 52.5 Å². The van der Waals surface area contributed by atoms with E-state index in [0.717, 1.165) is 77.5 Å². The van der Waals surface area contributed by atoms with Crippen molar-refractivity contribution >= 4 is 11.5 Å². The standard InChI is InChI=1S/C33H36N4O3/c1-5-10-31-26(21-37(23(4)34-31)27-14-16-28(17-15-27)39-22(3)6-2)19-24-13-18-29(25-11-8-7-9-12-25)30(20-24)32-35-33(38)40-36-32/h7-9,11-18,20,22H,5-6,10,19,21H2,1-4H3,(H,35,36,38). The number of benzene rings is 3. The van der Waals surface area contributed by atoms with Crippen LogP contribution in [0.2, 0.25) is 0 Å². The number of aliphatic imine (C=N–C) groups is 1. The zero-order valence-electron chi connectivity index (χ0n) is 23.6. The Bertz CT molecular complexity index is 1570. The molecule has 1 atom stereocenters. The Labute approximate surface area is 235 Å². The van der Waals surface area contributed by atoms with E-state index in [-0.39, 0.29) is 6.10 Å². The van der Waals surface area contributed by atoms with Crippen LogP contribution in [0.15, 0.2) is 98.4 Å². The molecule has 40 heavy (non-hydrogen) atoms. The summed E-state index contributed by atoms with van der Waals surface area (Å²) >= 11 is 0. The van der Waals surface area contributed by atoms with Crippen molar-refractivity contribution in [3.8, 4) is 28.3 Å². The van der Waals surface area contributed by atoms with Gasteiger partial charge in [0.2, 0.25) is 0 Å². The van der Waals surface area contributed by atoms with Gasteiger partial charge in [-0.15, -0.1) is 0 Å². The number of rotatable bonds is 10. The van der Waals surface area contributed by atoms with Gasteiger partial charge in [-0.1, -0.05) is 67.9 Å². The summed E-state index contributed by atoms with van der Waals surface area (Å²) in [5.41, 5.74) is 7.49. The molecular weight excluding hydrogens is 500 g/mol. The van der Waals surface area contributed by atoms with Gasteiger partial charge in [-0.3, -0.25) is 9.51 Å². The highest BCUT2D eigenvalue weighted by Gasteiger charge is 2.22. The average Bonchev–Trinajstić information content (AvgIpc) is 3.41. The Morgan fingerprint density at radius 2 is 1.80 bits per heavy atom. The SMILES string of the molecule is CCCC1=C(Cc2ccc(-c3ccccc3)c(-c3noc(=O)[nH]3)c2)CN(c2ccc(OC(C)CC)cc2)C(C)=N1. The summed E-state index contributed by atoms with van der Waals surface area (Å²) in [6, 6.07) is 24.7. The zero-order chi connectivity index (χ0) is 28.1. The van der Waals surface area contributed by atoms with Crippen LogP contribution < -0.4 is 15.4 Å². The van der Waals surface area contributed by atoms with Crippen molar-refractivity contribution in [2.45, 2.75) is 59.5 Å². The minimum atomic E-state index is -0.569. The average molecular weight is 537 g/mol. The molecule has 3 aromatic carbocycles. The lowest BCUT2D eigenvalue weighted by Crippen LogP contribution is -2.34. The molecule has 1 aliphatic heterocycles. The third-order valence-corrected chi connectivity index (χ3v) is 7.27. The molecule has 0 saturated carbocycles. The number of allylic oxidation sites excluding steroid dienone is 1. The maximum Gasteiger partial charge on any atom is 0.439 e. The van der Waals surface area contributed by atoms with Crippen LogP contribution in [0, 0.1) is 0 Å². The Balaban J connectivity index is 1.46. The molecule has 0 aliphatic carbocycles. The van der Waals surface area contributed by atoms with Crippen LogP contribution >= 0.6 is 0 Å². The van der Waals surface area contributed by atoms with Crippen molar-refractivity contribution in [3.63, 3.8) is 0 Å². The van der Waals surface area contributed by atoms with Gasteiger partial charge in [-0.05, 0) is 85.7 Å². The summed E-state index contributed by atoms with van der Waals surface area (Å²) in [5.74, 6) is 1.72. The van der Waals surface area contributed by atoms with Crippen molar-refractivity contribution in [2.75, 3.05) is 11.4 Å². The lowest BCUT2D eigenvalue weighted by atomic mass is 9.93. The minimum Gasteiger partial charge on any atom is -0.491 e. The second-order valence-corrected chi connectivity index (χ2v) is 10.2. The van der Waals surface area contributed by atoms with E-state index in [1.54, 1.807) is 0 Å². The number of aromatic amines is 1. The fraction of sp³-hybridized carbons (Fsp3) is 0.303. The number of aromatic nitrogens is 2. The van der Waals surface area contributed by atoms with E-state index >= 15 is 0 Å². The number of nitrogens with one attached hydrogen (secondary N) is 1. The third-order valence-electron chi connectivity index (χ3n) is 7.27. The summed E-state index contributed by atoms with van der Waals surface area (Å²) < 4.78 is 10.8. The molecule has 7 nitrogen and oxygen atoms in total. The number of hydrogen-bond donors (Lipinski definition) is 1. The molecule has 7 heteroatoms. The third kappa shape index (κ3) is 6.09. The molecule has 206 valence electrons. The lowest BCUT2D eigenvalue weighted by Gasteiger charge is -2.31. The molecule has 4 aromatic rings. The quantitative estimate of drug-likeness (QED) is 0.228. The maximum absolute atomic E-state index is 11.8. The van der Waals surface area contributed by atoms with E-state index in [4.69, 9.17) is 14.3 Å². The van der Waals surface area contributed by atoms with E-state index in [2.05, 4.69) is 73.1 Å². The smallest absolute Gasteiger partial charge is 0.439 e. The number of ether oxygens (including phenoxy) is 1. The molecule has 0 fully saturated rings. The number of nitrogens with zero attached hydrogens (tertiary/aromatic N) is 3. The highest BCUT2D eigenvalue weighted by Crippen LogP contribution is 2.33. The molecule has 1 N–H and O–H groups in total. The van der Waals surface area contributed by atoms with Gasteiger partial charge < -0.3 is 9.64 Å². The van der Waals surface area contributed by atoms with Crippen LogP contribution in [0.25, 0.3) is 22.5 Å². The Morgan fingerprint density at radius 1 is 1.02 bits per heavy atom. The Hall–Kier alpha value is -4.39. The maximum atomic E-state index is 11.8. The van der Waals surface area contributed by atoms with Gasteiger partial charge in [0.05, 0.1) is 6.10 Å². The second-order valence-electron chi connectivity index (χ2n) is 10.2. The van der Waals surface area contributed by atoms with E-state index < -0.39 is 5.76 Å². The van der Waals surface area contributed by atoms with Crippen molar-refractivity contribution in [3.05, 3.63) is 100 Å². The first-order valence-electron chi connectivity index (χ1n) is 14.0. The van der Waals surface area contributed by atoms with Crippen LogP contribution in [-0.2, 0) is 6.42 Å². The minimum absolute atomic E-state index is 0.184.